The average molecular weight is 215 g/mol. The van der Waals surface area contributed by atoms with Crippen LogP contribution in [0.5, 0.6) is 0 Å². The average Bonchev–Trinajstić information content (AvgIpc) is 2.50. The Hall–Kier alpha value is -0.0900. The summed E-state index contributed by atoms with van der Waals surface area (Å²) in [6.45, 7) is 4.51. The van der Waals surface area contributed by atoms with E-state index in [-0.39, 0.29) is 16.9 Å². The van der Waals surface area contributed by atoms with E-state index < -0.39 is 10.0 Å². The van der Waals surface area contributed by atoms with E-state index in [1.807, 2.05) is 0 Å². The Morgan fingerprint density at radius 3 is 2.64 bits per heavy atom. The van der Waals surface area contributed by atoms with Gasteiger partial charge in [0.2, 0.25) is 10.0 Å². The van der Waals surface area contributed by atoms with Crippen LogP contribution in [0.15, 0.2) is 0 Å². The first kappa shape index (κ1) is 9.16. The van der Waals surface area contributed by atoms with Crippen LogP contribution < -0.4 is 4.72 Å². The largest absolute Gasteiger partial charge is 0.212 e. The van der Waals surface area contributed by atoms with Crippen molar-refractivity contribution in [2.75, 3.05) is 5.75 Å². The van der Waals surface area contributed by atoms with Crippen LogP contribution in [0.3, 0.4) is 0 Å². The van der Waals surface area contributed by atoms with Gasteiger partial charge in [0, 0.05) is 11.5 Å². The molecule has 3 rings (SSSR count). The van der Waals surface area contributed by atoms with E-state index in [1.165, 1.54) is 6.42 Å². The van der Waals surface area contributed by atoms with Gasteiger partial charge in [-0.25, -0.2) is 13.1 Å². The minimum absolute atomic E-state index is 0.0521. The Labute approximate surface area is 85.3 Å². The first-order valence-electron chi connectivity index (χ1n) is 5.37. The van der Waals surface area contributed by atoms with E-state index in [0.717, 1.165) is 18.8 Å². The van der Waals surface area contributed by atoms with Crippen molar-refractivity contribution in [2.24, 2.45) is 16.7 Å². The SMILES string of the molecule is CC1(C)C2CCC13CS(=O)(=O)N[C@H]3C2. The molecule has 3 fully saturated rings. The van der Waals surface area contributed by atoms with Gasteiger partial charge in [-0.2, -0.15) is 0 Å². The molecule has 2 bridgehead atoms. The van der Waals surface area contributed by atoms with Crippen LogP contribution in [0.2, 0.25) is 0 Å². The highest BCUT2D eigenvalue weighted by Crippen LogP contribution is 2.67. The van der Waals surface area contributed by atoms with E-state index in [1.54, 1.807) is 0 Å². The summed E-state index contributed by atoms with van der Waals surface area (Å²) in [5, 5.41) is 0. The molecule has 1 heterocycles. The van der Waals surface area contributed by atoms with Crippen LogP contribution in [0.25, 0.3) is 0 Å². The molecule has 2 aliphatic carbocycles. The topological polar surface area (TPSA) is 46.2 Å². The molecular formula is C10H17NO2S. The van der Waals surface area contributed by atoms with Crippen molar-refractivity contribution in [3.05, 3.63) is 0 Å². The molecule has 2 saturated carbocycles. The number of hydrogen-bond donors (Lipinski definition) is 1. The fourth-order valence-corrected chi connectivity index (χ4v) is 6.42. The zero-order chi connectivity index (χ0) is 10.2. The Morgan fingerprint density at radius 2 is 2.07 bits per heavy atom. The number of hydrogen-bond acceptors (Lipinski definition) is 2. The Bertz CT molecular complexity index is 387. The molecule has 14 heavy (non-hydrogen) atoms. The zero-order valence-corrected chi connectivity index (χ0v) is 9.52. The van der Waals surface area contributed by atoms with Crippen LogP contribution in [0.1, 0.15) is 33.1 Å². The van der Waals surface area contributed by atoms with Crippen molar-refractivity contribution in [3.8, 4) is 0 Å². The summed E-state index contributed by atoms with van der Waals surface area (Å²) < 4.78 is 26.0. The minimum atomic E-state index is -2.97. The van der Waals surface area contributed by atoms with Crippen LogP contribution in [0, 0.1) is 16.7 Å². The zero-order valence-electron chi connectivity index (χ0n) is 8.71. The van der Waals surface area contributed by atoms with Crippen LogP contribution in [-0.2, 0) is 10.0 Å². The highest BCUT2D eigenvalue weighted by Gasteiger charge is 2.68. The van der Waals surface area contributed by atoms with Gasteiger partial charge in [0.05, 0.1) is 5.75 Å². The van der Waals surface area contributed by atoms with Crippen molar-refractivity contribution in [1.82, 2.24) is 4.72 Å². The van der Waals surface area contributed by atoms with Gasteiger partial charge >= 0.3 is 0 Å². The summed E-state index contributed by atoms with van der Waals surface area (Å²) in [4.78, 5) is 0. The molecule has 2 unspecified atom stereocenters. The summed E-state index contributed by atoms with van der Waals surface area (Å²) in [6, 6.07) is 0.237. The first-order valence-corrected chi connectivity index (χ1v) is 7.03. The van der Waals surface area contributed by atoms with Crippen molar-refractivity contribution in [3.63, 3.8) is 0 Å². The van der Waals surface area contributed by atoms with Gasteiger partial charge in [-0.15, -0.1) is 0 Å². The maximum Gasteiger partial charge on any atom is 0.212 e. The van der Waals surface area contributed by atoms with E-state index in [2.05, 4.69) is 18.6 Å². The quantitative estimate of drug-likeness (QED) is 0.658. The lowest BCUT2D eigenvalue weighted by molar-refractivity contribution is 0.146. The van der Waals surface area contributed by atoms with Gasteiger partial charge in [0.1, 0.15) is 0 Å². The van der Waals surface area contributed by atoms with Crippen LogP contribution in [0.4, 0.5) is 0 Å². The molecule has 1 N–H and O–H groups in total. The lowest BCUT2D eigenvalue weighted by Gasteiger charge is -2.36. The second-order valence-corrected chi connectivity index (χ2v) is 7.53. The number of fused-ring (bicyclic) bond motifs is 1. The second kappa shape index (κ2) is 2.19. The summed E-state index contributed by atoms with van der Waals surface area (Å²) in [5.41, 5.74) is 0.269. The lowest BCUT2D eigenvalue weighted by atomic mass is 9.69. The third-order valence-electron chi connectivity index (χ3n) is 5.20. The third-order valence-corrected chi connectivity index (χ3v) is 6.74. The summed E-state index contributed by atoms with van der Waals surface area (Å²) >= 11 is 0. The molecule has 0 amide bonds. The maximum atomic E-state index is 11.6. The summed E-state index contributed by atoms with van der Waals surface area (Å²) in [5.74, 6) is 1.10. The maximum absolute atomic E-state index is 11.6. The fourth-order valence-electron chi connectivity index (χ4n) is 4.18. The van der Waals surface area contributed by atoms with Crippen LogP contribution in [-0.4, -0.2) is 20.2 Å². The highest BCUT2D eigenvalue weighted by molar-refractivity contribution is 7.89. The smallest absolute Gasteiger partial charge is 0.212 e. The normalized spacial score (nSPS) is 52.1. The Morgan fingerprint density at radius 1 is 1.36 bits per heavy atom. The van der Waals surface area contributed by atoms with Crippen molar-refractivity contribution < 1.29 is 8.42 Å². The van der Waals surface area contributed by atoms with Crippen molar-refractivity contribution in [1.29, 1.82) is 0 Å². The van der Waals surface area contributed by atoms with Crippen LogP contribution >= 0.6 is 0 Å². The molecule has 0 radical (unpaired) electrons. The molecule has 3 nitrogen and oxygen atoms in total. The van der Waals surface area contributed by atoms with Gasteiger partial charge in [-0.1, -0.05) is 13.8 Å². The van der Waals surface area contributed by atoms with E-state index >= 15 is 0 Å². The first-order chi connectivity index (χ1) is 6.37. The van der Waals surface area contributed by atoms with E-state index in [0.29, 0.717) is 5.75 Å². The predicted octanol–water partition coefficient (Wildman–Crippen LogP) is 1.11. The number of sulfonamides is 1. The molecule has 0 aromatic carbocycles. The molecule has 3 atom stereocenters. The van der Waals surface area contributed by atoms with Crippen molar-refractivity contribution >= 4 is 10.0 Å². The summed E-state index contributed by atoms with van der Waals surface area (Å²) in [7, 11) is -2.97. The molecule has 3 aliphatic rings. The lowest BCUT2D eigenvalue weighted by Crippen LogP contribution is -2.39. The molecule has 4 heteroatoms. The molecule has 0 aromatic rings. The van der Waals surface area contributed by atoms with Gasteiger partial charge in [0.15, 0.2) is 0 Å². The van der Waals surface area contributed by atoms with Crippen molar-refractivity contribution in [2.45, 2.75) is 39.2 Å². The number of nitrogens with one attached hydrogen (secondary N) is 1. The minimum Gasteiger partial charge on any atom is -0.212 e. The predicted molar refractivity (Wildman–Crippen MR) is 54.3 cm³/mol. The second-order valence-electron chi connectivity index (χ2n) is 5.78. The monoisotopic (exact) mass is 215 g/mol. The van der Waals surface area contributed by atoms with E-state index in [9.17, 15) is 8.42 Å². The molecule has 1 spiro atoms. The molecule has 80 valence electrons. The van der Waals surface area contributed by atoms with Gasteiger partial charge in [0.25, 0.3) is 0 Å². The molecular weight excluding hydrogens is 198 g/mol. The van der Waals surface area contributed by atoms with Gasteiger partial charge in [-0.05, 0) is 30.6 Å². The third kappa shape index (κ3) is 0.807. The Kier molecular flexibility index (Phi) is 1.43. The standard InChI is InChI=1S/C10H17NO2S/c1-9(2)7-3-4-10(9)6-14(12,13)11-8(10)5-7/h7-8,11H,3-6H2,1-2H3/t7?,8-,10?/m0/s1. The molecule has 0 aromatic heterocycles. The summed E-state index contributed by atoms with van der Waals surface area (Å²) in [6.07, 6.45) is 3.38. The van der Waals surface area contributed by atoms with Gasteiger partial charge in [-0.3, -0.25) is 0 Å². The van der Waals surface area contributed by atoms with E-state index in [4.69, 9.17) is 0 Å². The number of rotatable bonds is 0. The Balaban J connectivity index is 2.13. The molecule has 1 aliphatic heterocycles. The molecule has 1 saturated heterocycles. The van der Waals surface area contributed by atoms with Gasteiger partial charge < -0.3 is 0 Å². The highest BCUT2D eigenvalue weighted by atomic mass is 32.2. The fraction of sp³-hybridized carbons (Fsp3) is 1.00.